The normalized spacial score (nSPS) is 19.6. The van der Waals surface area contributed by atoms with E-state index >= 15 is 0 Å². The number of aromatic nitrogens is 2. The predicted molar refractivity (Wildman–Crippen MR) is 117 cm³/mol. The molecule has 9 heteroatoms. The number of nitrogens with zero attached hydrogens (tertiary/aromatic N) is 3. The van der Waals surface area contributed by atoms with Gasteiger partial charge in [0, 0.05) is 28.6 Å². The third-order valence-corrected chi connectivity index (χ3v) is 6.61. The van der Waals surface area contributed by atoms with E-state index in [-0.39, 0.29) is 29.0 Å². The van der Waals surface area contributed by atoms with Gasteiger partial charge in [-0.05, 0) is 61.0 Å². The second-order valence-corrected chi connectivity index (χ2v) is 9.44. The average Bonchev–Trinajstić information content (AvgIpc) is 3.04. The number of esters is 1. The van der Waals surface area contributed by atoms with E-state index in [1.165, 1.54) is 0 Å². The third-order valence-electron chi connectivity index (χ3n) is 5.59. The van der Waals surface area contributed by atoms with E-state index in [0.717, 1.165) is 16.5 Å². The number of carbonyl (C=O) groups is 1. The van der Waals surface area contributed by atoms with Crippen molar-refractivity contribution in [2.24, 2.45) is 0 Å². The maximum Gasteiger partial charge on any atom is 0.353 e. The zero-order valence-electron chi connectivity index (χ0n) is 16.3. The molecule has 0 aliphatic carbocycles. The van der Waals surface area contributed by atoms with Gasteiger partial charge in [0.25, 0.3) is 5.56 Å². The molecule has 0 amide bonds. The van der Waals surface area contributed by atoms with Gasteiger partial charge in [0.1, 0.15) is 12.4 Å². The average molecular weight is 519 g/mol. The number of rotatable bonds is 2. The fourth-order valence-electron chi connectivity index (χ4n) is 4.15. The summed E-state index contributed by atoms with van der Waals surface area (Å²) in [6, 6.07) is 6.99. The zero-order valence-corrected chi connectivity index (χ0v) is 18.4. The summed E-state index contributed by atoms with van der Waals surface area (Å²) in [6.07, 6.45) is 0. The van der Waals surface area contributed by atoms with Crippen molar-refractivity contribution in [1.29, 1.82) is 0 Å². The largest absolute Gasteiger partial charge is 0.508 e. The van der Waals surface area contributed by atoms with E-state index in [4.69, 9.17) is 9.72 Å². The van der Waals surface area contributed by atoms with Crippen molar-refractivity contribution >= 4 is 39.5 Å². The van der Waals surface area contributed by atoms with Crippen molar-refractivity contribution in [1.82, 2.24) is 14.5 Å². The van der Waals surface area contributed by atoms with Crippen LogP contribution in [0.3, 0.4) is 0 Å². The van der Waals surface area contributed by atoms with E-state index in [1.807, 2.05) is 25.1 Å². The number of ether oxygens (including phenoxy) is 1. The molecule has 2 aliphatic rings. The van der Waals surface area contributed by atoms with E-state index < -0.39 is 9.58 Å². The molecule has 0 unspecified atom stereocenters. The molecule has 0 bridgehead atoms. The van der Waals surface area contributed by atoms with Crippen molar-refractivity contribution in [2.45, 2.75) is 23.3 Å². The van der Waals surface area contributed by atoms with Gasteiger partial charge in [-0.1, -0.05) is 0 Å². The minimum atomic E-state index is -1.91. The minimum absolute atomic E-state index is 0.162. The van der Waals surface area contributed by atoms with Crippen LogP contribution in [0, 0.1) is 0 Å². The topological polar surface area (TPSA) is 105 Å². The summed E-state index contributed by atoms with van der Waals surface area (Å²) in [4.78, 5) is 31.9. The molecule has 2 aromatic heterocycles. The van der Waals surface area contributed by atoms with Gasteiger partial charge in [-0.15, -0.1) is 0 Å². The molecule has 3 aromatic rings. The Labute approximate surface area is 184 Å². The van der Waals surface area contributed by atoms with Gasteiger partial charge in [0.05, 0.1) is 29.0 Å². The number of alkyl halides is 1. The number of aliphatic hydroxyl groups is 1. The van der Waals surface area contributed by atoms with Crippen LogP contribution in [0.25, 0.3) is 22.3 Å². The van der Waals surface area contributed by atoms with Crippen molar-refractivity contribution in [3.05, 3.63) is 56.9 Å². The van der Waals surface area contributed by atoms with Crippen molar-refractivity contribution in [3.8, 4) is 17.1 Å². The quantitative estimate of drug-likeness (QED) is 0.237. The Morgan fingerprint density at radius 1 is 1.30 bits per heavy atom. The predicted octanol–water partition coefficient (Wildman–Crippen LogP) is 1.83. The Kier molecular flexibility index (Phi) is 4.21. The molecule has 0 saturated carbocycles. The highest BCUT2D eigenvalue weighted by Crippen LogP contribution is 2.41. The smallest absolute Gasteiger partial charge is 0.353 e. The maximum absolute atomic E-state index is 13.1. The Morgan fingerprint density at radius 3 is 2.80 bits per heavy atom. The molecule has 2 N–H and O–H groups in total. The molecule has 5 rings (SSSR count). The molecule has 1 atom stereocenters. The molecule has 4 heterocycles. The fourth-order valence-corrected chi connectivity index (χ4v) is 4.79. The SMILES string of the molecule is CN(C)Cc1c(O)ccc2nc3c(cc12)Cn1c-3cc2c(c1=O)COC(=O)[C@]2(O)I. The van der Waals surface area contributed by atoms with Crippen LogP contribution in [0.2, 0.25) is 0 Å². The fraction of sp³-hybridized carbons (Fsp3) is 0.286. The molecular formula is C21H18IN3O5. The van der Waals surface area contributed by atoms with E-state index in [0.29, 0.717) is 30.0 Å². The first-order valence-electron chi connectivity index (χ1n) is 9.33. The molecule has 1 aromatic carbocycles. The molecule has 0 saturated heterocycles. The molecule has 0 spiro atoms. The first-order valence-corrected chi connectivity index (χ1v) is 10.4. The van der Waals surface area contributed by atoms with Crippen LogP contribution in [0.4, 0.5) is 0 Å². The number of fused-ring (bicyclic) bond motifs is 5. The second kappa shape index (κ2) is 6.50. The third kappa shape index (κ3) is 2.69. The highest BCUT2D eigenvalue weighted by Gasteiger charge is 2.44. The molecule has 0 radical (unpaired) electrons. The van der Waals surface area contributed by atoms with Crippen LogP contribution in [-0.2, 0) is 32.8 Å². The maximum atomic E-state index is 13.1. The molecule has 154 valence electrons. The number of aromatic hydroxyl groups is 1. The lowest BCUT2D eigenvalue weighted by molar-refractivity contribution is -0.159. The summed E-state index contributed by atoms with van der Waals surface area (Å²) in [7, 11) is 3.85. The van der Waals surface area contributed by atoms with Crippen LogP contribution in [0.5, 0.6) is 5.75 Å². The summed E-state index contributed by atoms with van der Waals surface area (Å²) < 4.78 is 4.69. The van der Waals surface area contributed by atoms with E-state index in [1.54, 1.807) is 45.4 Å². The van der Waals surface area contributed by atoms with Gasteiger partial charge in [-0.2, -0.15) is 0 Å². The Morgan fingerprint density at radius 2 is 2.07 bits per heavy atom. The number of phenolic OH excluding ortho intramolecular Hbond substituents is 1. The lowest BCUT2D eigenvalue weighted by atomic mass is 10.00. The first kappa shape index (κ1) is 19.5. The summed E-state index contributed by atoms with van der Waals surface area (Å²) in [5.41, 5.74) is 3.74. The van der Waals surface area contributed by atoms with Crippen molar-refractivity contribution in [2.75, 3.05) is 14.1 Å². The number of halogens is 1. The number of carbonyl (C=O) groups excluding carboxylic acids is 1. The summed E-state index contributed by atoms with van der Waals surface area (Å²) >= 11 is 1.60. The van der Waals surface area contributed by atoms with Crippen LogP contribution in [0.15, 0.2) is 29.1 Å². The number of cyclic esters (lactones) is 1. The lowest BCUT2D eigenvalue weighted by Gasteiger charge is -2.27. The summed E-state index contributed by atoms with van der Waals surface area (Å²) in [5.74, 6) is -0.583. The Bertz CT molecular complexity index is 1310. The zero-order chi connectivity index (χ0) is 21.4. The van der Waals surface area contributed by atoms with Crippen LogP contribution >= 0.6 is 22.6 Å². The molecule has 2 aliphatic heterocycles. The van der Waals surface area contributed by atoms with Gasteiger partial charge >= 0.3 is 5.97 Å². The highest BCUT2D eigenvalue weighted by molar-refractivity contribution is 14.1. The number of hydrogen-bond acceptors (Lipinski definition) is 7. The first-order chi connectivity index (χ1) is 14.2. The second-order valence-electron chi connectivity index (χ2n) is 7.88. The van der Waals surface area contributed by atoms with Crippen molar-refractivity contribution < 1.29 is 19.7 Å². The Hall–Kier alpha value is -2.50. The standard InChI is InChI=1S/C21H18IN3O5/c1-24(2)8-12-11-5-10-7-25-16(18(10)23-15(11)3-4-17(12)26)6-14-13(19(25)27)9-30-20(28)21(14,22)29/h3-6,26,29H,7-9H2,1-2H3/t21-/m0/s1. The highest BCUT2D eigenvalue weighted by atomic mass is 127. The molecular weight excluding hydrogens is 501 g/mol. The molecule has 0 fully saturated rings. The van der Waals surface area contributed by atoms with Gasteiger partial charge in [0.2, 0.25) is 3.61 Å². The van der Waals surface area contributed by atoms with Gasteiger partial charge < -0.3 is 24.4 Å². The van der Waals surface area contributed by atoms with Gasteiger partial charge in [0.15, 0.2) is 0 Å². The number of hydrogen-bond donors (Lipinski definition) is 2. The number of phenols is 1. The van der Waals surface area contributed by atoms with Crippen molar-refractivity contribution in [3.63, 3.8) is 0 Å². The van der Waals surface area contributed by atoms with Crippen LogP contribution in [-0.4, -0.2) is 44.7 Å². The van der Waals surface area contributed by atoms with Crippen LogP contribution < -0.4 is 5.56 Å². The van der Waals surface area contributed by atoms with Gasteiger partial charge in [-0.3, -0.25) is 4.79 Å². The van der Waals surface area contributed by atoms with E-state index in [9.17, 15) is 19.8 Å². The van der Waals surface area contributed by atoms with Crippen LogP contribution in [0.1, 0.15) is 22.3 Å². The number of benzene rings is 1. The summed E-state index contributed by atoms with van der Waals surface area (Å²) in [6.45, 7) is 0.710. The minimum Gasteiger partial charge on any atom is -0.508 e. The molecule has 8 nitrogen and oxygen atoms in total. The Balaban J connectivity index is 1.75. The lowest BCUT2D eigenvalue weighted by Crippen LogP contribution is -2.40. The van der Waals surface area contributed by atoms with Gasteiger partial charge in [-0.25, -0.2) is 9.78 Å². The van der Waals surface area contributed by atoms with E-state index in [2.05, 4.69) is 0 Å². The number of pyridine rings is 2. The monoisotopic (exact) mass is 519 g/mol. The molecule has 30 heavy (non-hydrogen) atoms. The summed E-state index contributed by atoms with van der Waals surface area (Å²) in [5, 5.41) is 21.8.